The number of hydrogen-bond donors (Lipinski definition) is 1. The molecule has 4 nitrogen and oxygen atoms in total. The Labute approximate surface area is 108 Å². The summed E-state index contributed by atoms with van der Waals surface area (Å²) >= 11 is 0. The number of fused-ring (bicyclic) bond motifs is 1. The molecule has 0 radical (unpaired) electrons. The van der Waals surface area contributed by atoms with Crippen molar-refractivity contribution in [3.05, 3.63) is 29.3 Å². The third kappa shape index (κ3) is 3.23. The molecule has 1 aliphatic carbocycles. The third-order valence-corrected chi connectivity index (χ3v) is 4.13. The molecule has 0 heterocycles. The molecular formula is C13H19NO3S. The lowest BCUT2D eigenvalue weighted by Gasteiger charge is -2.24. The maximum atomic E-state index is 11.1. The predicted molar refractivity (Wildman–Crippen MR) is 71.5 cm³/mol. The first-order valence-electron chi connectivity index (χ1n) is 6.15. The first-order chi connectivity index (χ1) is 8.47. The molecule has 2 N–H and O–H groups in total. The summed E-state index contributed by atoms with van der Waals surface area (Å²) in [6.45, 7) is 0.199. The maximum Gasteiger partial charge on any atom is 0.150 e. The fourth-order valence-electron chi connectivity index (χ4n) is 2.29. The van der Waals surface area contributed by atoms with E-state index in [2.05, 4.69) is 0 Å². The van der Waals surface area contributed by atoms with Crippen molar-refractivity contribution in [1.82, 2.24) is 0 Å². The van der Waals surface area contributed by atoms with Gasteiger partial charge in [-0.2, -0.15) is 0 Å². The molecule has 1 aromatic rings. The summed E-state index contributed by atoms with van der Waals surface area (Å²) in [7, 11) is -2.98. The van der Waals surface area contributed by atoms with E-state index in [-0.39, 0.29) is 18.4 Å². The number of benzene rings is 1. The Balaban J connectivity index is 2.12. The molecule has 1 unspecified atom stereocenters. The minimum absolute atomic E-state index is 0.0444. The maximum absolute atomic E-state index is 11.1. The molecule has 0 aliphatic heterocycles. The van der Waals surface area contributed by atoms with Gasteiger partial charge >= 0.3 is 0 Å². The van der Waals surface area contributed by atoms with Crippen molar-refractivity contribution in [3.8, 4) is 5.75 Å². The molecule has 0 saturated heterocycles. The highest BCUT2D eigenvalue weighted by Gasteiger charge is 2.19. The van der Waals surface area contributed by atoms with E-state index in [4.69, 9.17) is 10.5 Å². The van der Waals surface area contributed by atoms with E-state index in [1.165, 1.54) is 6.26 Å². The molecule has 1 atom stereocenters. The molecule has 1 aliphatic rings. The fourth-order valence-corrected chi connectivity index (χ4v) is 2.68. The summed E-state index contributed by atoms with van der Waals surface area (Å²) in [5.41, 5.74) is 8.34. The van der Waals surface area contributed by atoms with Crippen LogP contribution in [0.3, 0.4) is 0 Å². The molecule has 0 fully saturated rings. The lowest BCUT2D eigenvalue weighted by Crippen LogP contribution is -2.19. The van der Waals surface area contributed by atoms with Gasteiger partial charge in [-0.05, 0) is 36.5 Å². The molecule has 5 heteroatoms. The summed E-state index contributed by atoms with van der Waals surface area (Å²) in [6.07, 6.45) is 4.23. The van der Waals surface area contributed by atoms with Crippen LogP contribution in [-0.2, 0) is 16.3 Å². The highest BCUT2D eigenvalue weighted by molar-refractivity contribution is 7.90. The van der Waals surface area contributed by atoms with Crippen molar-refractivity contribution in [2.45, 2.75) is 25.3 Å². The number of rotatable bonds is 4. The minimum Gasteiger partial charge on any atom is -0.492 e. The van der Waals surface area contributed by atoms with E-state index in [0.29, 0.717) is 0 Å². The molecular weight excluding hydrogens is 250 g/mol. The summed E-state index contributed by atoms with van der Waals surface area (Å²) in [5, 5.41) is 0. The summed E-state index contributed by atoms with van der Waals surface area (Å²) in [6, 6.07) is 5.91. The molecule has 18 heavy (non-hydrogen) atoms. The standard InChI is InChI=1S/C13H19NO3S/c1-18(15,16)9-8-17-13-7-3-4-10-11(13)5-2-6-12(10)14/h3-4,7,12H,2,5-6,8-9,14H2,1H3. The first kappa shape index (κ1) is 13.4. The minimum atomic E-state index is -2.98. The van der Waals surface area contributed by atoms with Gasteiger partial charge in [0.1, 0.15) is 12.4 Å². The van der Waals surface area contributed by atoms with Gasteiger partial charge in [-0.1, -0.05) is 12.1 Å². The molecule has 0 amide bonds. The third-order valence-electron chi connectivity index (χ3n) is 3.22. The van der Waals surface area contributed by atoms with Gasteiger partial charge in [-0.15, -0.1) is 0 Å². The largest absolute Gasteiger partial charge is 0.492 e. The van der Waals surface area contributed by atoms with Gasteiger partial charge in [-0.25, -0.2) is 8.42 Å². The Morgan fingerprint density at radius 1 is 1.44 bits per heavy atom. The van der Waals surface area contributed by atoms with Crippen molar-refractivity contribution < 1.29 is 13.2 Å². The summed E-state index contributed by atoms with van der Waals surface area (Å²) in [5.74, 6) is 0.828. The van der Waals surface area contributed by atoms with Gasteiger partial charge < -0.3 is 10.5 Å². The topological polar surface area (TPSA) is 69.4 Å². The zero-order valence-electron chi connectivity index (χ0n) is 10.6. The smallest absolute Gasteiger partial charge is 0.150 e. The first-order valence-corrected chi connectivity index (χ1v) is 8.21. The van der Waals surface area contributed by atoms with Gasteiger partial charge in [0.25, 0.3) is 0 Å². The SMILES string of the molecule is CS(=O)(=O)CCOc1cccc2c1CCCC2N. The Morgan fingerprint density at radius 3 is 2.94 bits per heavy atom. The molecule has 0 spiro atoms. The van der Waals surface area contributed by atoms with E-state index in [1.54, 1.807) is 0 Å². The van der Waals surface area contributed by atoms with Gasteiger partial charge in [0.05, 0.1) is 5.75 Å². The van der Waals surface area contributed by atoms with Crippen molar-refractivity contribution in [2.24, 2.45) is 5.73 Å². The monoisotopic (exact) mass is 269 g/mol. The number of ether oxygens (including phenoxy) is 1. The fraction of sp³-hybridized carbons (Fsp3) is 0.538. The molecule has 0 bridgehead atoms. The van der Waals surface area contributed by atoms with Crippen LogP contribution in [0.5, 0.6) is 5.75 Å². The zero-order chi connectivity index (χ0) is 13.2. The van der Waals surface area contributed by atoms with Crippen molar-refractivity contribution in [3.63, 3.8) is 0 Å². The highest BCUT2D eigenvalue weighted by atomic mass is 32.2. The Kier molecular flexibility index (Phi) is 3.92. The predicted octanol–water partition coefficient (Wildman–Crippen LogP) is 1.45. The van der Waals surface area contributed by atoms with Crippen LogP contribution in [0, 0.1) is 0 Å². The Bertz CT molecular complexity index is 525. The Morgan fingerprint density at radius 2 is 2.22 bits per heavy atom. The van der Waals surface area contributed by atoms with Crippen LogP contribution in [0.4, 0.5) is 0 Å². The number of nitrogens with two attached hydrogens (primary N) is 1. The van der Waals surface area contributed by atoms with Crippen molar-refractivity contribution >= 4 is 9.84 Å². The molecule has 100 valence electrons. The van der Waals surface area contributed by atoms with Crippen LogP contribution < -0.4 is 10.5 Å². The van der Waals surface area contributed by atoms with Gasteiger partial charge in [-0.3, -0.25) is 0 Å². The molecule has 0 saturated carbocycles. The van der Waals surface area contributed by atoms with E-state index < -0.39 is 9.84 Å². The average molecular weight is 269 g/mol. The van der Waals surface area contributed by atoms with Crippen molar-refractivity contribution in [1.29, 1.82) is 0 Å². The second-order valence-corrected chi connectivity index (χ2v) is 7.06. The molecule has 1 aromatic carbocycles. The van der Waals surface area contributed by atoms with E-state index in [9.17, 15) is 8.42 Å². The highest BCUT2D eigenvalue weighted by Crippen LogP contribution is 2.33. The van der Waals surface area contributed by atoms with Gasteiger partial charge in [0.15, 0.2) is 9.84 Å². The molecule has 2 rings (SSSR count). The second-order valence-electron chi connectivity index (χ2n) is 4.80. The lowest BCUT2D eigenvalue weighted by molar-refractivity contribution is 0.334. The lowest BCUT2D eigenvalue weighted by atomic mass is 9.88. The van der Waals surface area contributed by atoms with Gasteiger partial charge in [0.2, 0.25) is 0 Å². The average Bonchev–Trinajstić information content (AvgIpc) is 2.29. The summed E-state index contributed by atoms with van der Waals surface area (Å²) < 4.78 is 27.7. The normalized spacial score (nSPS) is 19.3. The van der Waals surface area contributed by atoms with Gasteiger partial charge in [0, 0.05) is 12.3 Å². The second kappa shape index (κ2) is 5.28. The zero-order valence-corrected chi connectivity index (χ0v) is 11.4. The van der Waals surface area contributed by atoms with E-state index in [1.807, 2.05) is 18.2 Å². The number of hydrogen-bond acceptors (Lipinski definition) is 4. The summed E-state index contributed by atoms with van der Waals surface area (Å²) in [4.78, 5) is 0. The van der Waals surface area contributed by atoms with E-state index >= 15 is 0 Å². The van der Waals surface area contributed by atoms with E-state index in [0.717, 1.165) is 36.1 Å². The quantitative estimate of drug-likeness (QED) is 0.898. The van der Waals surface area contributed by atoms with Crippen LogP contribution in [-0.4, -0.2) is 27.0 Å². The molecule has 0 aromatic heterocycles. The van der Waals surface area contributed by atoms with Crippen LogP contribution in [0.25, 0.3) is 0 Å². The van der Waals surface area contributed by atoms with Crippen LogP contribution in [0.2, 0.25) is 0 Å². The van der Waals surface area contributed by atoms with Crippen LogP contribution in [0.15, 0.2) is 18.2 Å². The van der Waals surface area contributed by atoms with Crippen molar-refractivity contribution in [2.75, 3.05) is 18.6 Å². The van der Waals surface area contributed by atoms with Crippen LogP contribution >= 0.6 is 0 Å². The number of sulfone groups is 1. The van der Waals surface area contributed by atoms with Crippen LogP contribution in [0.1, 0.15) is 30.0 Å². The Hall–Kier alpha value is -1.07.